The summed E-state index contributed by atoms with van der Waals surface area (Å²) in [5, 5.41) is 12.3. The van der Waals surface area contributed by atoms with Crippen molar-refractivity contribution in [3.63, 3.8) is 0 Å². The minimum Gasteiger partial charge on any atom is -0.507 e. The van der Waals surface area contributed by atoms with Crippen molar-refractivity contribution in [3.05, 3.63) is 42.0 Å². The van der Waals surface area contributed by atoms with Crippen LogP contribution >= 0.6 is 0 Å². The van der Waals surface area contributed by atoms with E-state index in [0.717, 1.165) is 48.9 Å². The standard InChI is InChI=1S/C21H27NO3/c1-21(15-25-2)11-13-22(14-12-21)19(23)10-9-17-8-7-16-5-3-4-6-18(16)20(17)24/h3-8,24H,9-15H2,1-2H3. The molecule has 0 unspecified atom stereocenters. The molecular formula is C21H27NO3. The molecule has 1 aliphatic rings. The Kier molecular flexibility index (Phi) is 5.28. The number of phenolic OH excluding ortho intramolecular Hbond substituents is 1. The van der Waals surface area contributed by atoms with Crippen molar-refractivity contribution in [2.45, 2.75) is 32.6 Å². The summed E-state index contributed by atoms with van der Waals surface area (Å²) < 4.78 is 5.30. The number of carbonyl (C=O) groups excluding carboxylic acids is 1. The molecule has 0 aromatic heterocycles. The van der Waals surface area contributed by atoms with Gasteiger partial charge in [0.2, 0.25) is 5.91 Å². The van der Waals surface area contributed by atoms with E-state index in [-0.39, 0.29) is 11.3 Å². The van der Waals surface area contributed by atoms with E-state index >= 15 is 0 Å². The first-order valence-electron chi connectivity index (χ1n) is 8.99. The summed E-state index contributed by atoms with van der Waals surface area (Å²) in [7, 11) is 1.73. The van der Waals surface area contributed by atoms with Crippen molar-refractivity contribution in [1.82, 2.24) is 4.90 Å². The summed E-state index contributed by atoms with van der Waals surface area (Å²) in [4.78, 5) is 14.5. The van der Waals surface area contributed by atoms with E-state index in [2.05, 4.69) is 6.92 Å². The van der Waals surface area contributed by atoms with E-state index in [4.69, 9.17) is 4.74 Å². The third-order valence-electron chi connectivity index (χ3n) is 5.41. The Hall–Kier alpha value is -2.07. The molecule has 3 rings (SSSR count). The van der Waals surface area contributed by atoms with Gasteiger partial charge < -0.3 is 14.7 Å². The van der Waals surface area contributed by atoms with Crippen molar-refractivity contribution in [1.29, 1.82) is 0 Å². The lowest BCUT2D eigenvalue weighted by molar-refractivity contribution is -0.133. The van der Waals surface area contributed by atoms with Crippen LogP contribution in [0.25, 0.3) is 10.8 Å². The van der Waals surface area contributed by atoms with Gasteiger partial charge in [0.15, 0.2) is 0 Å². The van der Waals surface area contributed by atoms with Gasteiger partial charge in [-0.15, -0.1) is 0 Å². The number of methoxy groups -OCH3 is 1. The predicted molar refractivity (Wildman–Crippen MR) is 99.7 cm³/mol. The molecule has 1 amide bonds. The number of benzene rings is 2. The highest BCUT2D eigenvalue weighted by Crippen LogP contribution is 2.32. The first-order valence-corrected chi connectivity index (χ1v) is 8.99. The molecule has 0 atom stereocenters. The average molecular weight is 341 g/mol. The number of nitrogens with zero attached hydrogens (tertiary/aromatic N) is 1. The van der Waals surface area contributed by atoms with Crippen LogP contribution in [-0.2, 0) is 16.0 Å². The van der Waals surface area contributed by atoms with Crippen molar-refractivity contribution in [2.75, 3.05) is 26.8 Å². The van der Waals surface area contributed by atoms with E-state index in [9.17, 15) is 9.90 Å². The normalized spacial score (nSPS) is 17.0. The Morgan fingerprint density at radius 1 is 1.20 bits per heavy atom. The fraction of sp³-hybridized carbons (Fsp3) is 0.476. The van der Waals surface area contributed by atoms with Crippen LogP contribution < -0.4 is 0 Å². The number of ether oxygens (including phenoxy) is 1. The van der Waals surface area contributed by atoms with Gasteiger partial charge in [0.1, 0.15) is 5.75 Å². The zero-order valence-electron chi connectivity index (χ0n) is 15.1. The first kappa shape index (κ1) is 17.7. The Morgan fingerprint density at radius 3 is 2.64 bits per heavy atom. The second kappa shape index (κ2) is 7.44. The SMILES string of the molecule is COCC1(C)CCN(C(=O)CCc2ccc3ccccc3c2O)CC1. The number of piperidine rings is 1. The second-order valence-corrected chi connectivity index (χ2v) is 7.42. The van der Waals surface area contributed by atoms with Gasteiger partial charge >= 0.3 is 0 Å². The van der Waals surface area contributed by atoms with Crippen LogP contribution in [0.2, 0.25) is 0 Å². The number of fused-ring (bicyclic) bond motifs is 1. The van der Waals surface area contributed by atoms with Crippen molar-refractivity contribution in [2.24, 2.45) is 5.41 Å². The molecule has 134 valence electrons. The van der Waals surface area contributed by atoms with Gasteiger partial charge in [0.25, 0.3) is 0 Å². The maximum Gasteiger partial charge on any atom is 0.222 e. The number of carbonyl (C=O) groups is 1. The Morgan fingerprint density at radius 2 is 1.92 bits per heavy atom. The smallest absolute Gasteiger partial charge is 0.222 e. The highest BCUT2D eigenvalue weighted by atomic mass is 16.5. The molecule has 1 heterocycles. The maximum absolute atomic E-state index is 12.5. The molecule has 2 aromatic rings. The van der Waals surface area contributed by atoms with Crippen LogP contribution in [0.4, 0.5) is 0 Å². The van der Waals surface area contributed by atoms with Crippen LogP contribution in [-0.4, -0.2) is 42.7 Å². The monoisotopic (exact) mass is 341 g/mol. The number of hydrogen-bond acceptors (Lipinski definition) is 3. The molecule has 4 heteroatoms. The number of aryl methyl sites for hydroxylation is 1. The highest BCUT2D eigenvalue weighted by molar-refractivity contribution is 5.89. The summed E-state index contributed by atoms with van der Waals surface area (Å²) in [6.07, 6.45) is 2.97. The lowest BCUT2D eigenvalue weighted by Crippen LogP contribution is -2.43. The van der Waals surface area contributed by atoms with E-state index in [1.807, 2.05) is 41.3 Å². The lowest BCUT2D eigenvalue weighted by Gasteiger charge is -2.39. The number of aromatic hydroxyl groups is 1. The maximum atomic E-state index is 12.5. The molecule has 4 nitrogen and oxygen atoms in total. The largest absolute Gasteiger partial charge is 0.507 e. The Balaban J connectivity index is 1.59. The topological polar surface area (TPSA) is 49.8 Å². The predicted octanol–water partition coefficient (Wildman–Crippen LogP) is 3.75. The molecule has 2 aromatic carbocycles. The molecule has 0 radical (unpaired) electrons. The summed E-state index contributed by atoms with van der Waals surface area (Å²) in [6, 6.07) is 11.7. The molecule has 1 fully saturated rings. The van der Waals surface area contributed by atoms with Crippen molar-refractivity contribution >= 4 is 16.7 Å². The van der Waals surface area contributed by atoms with Gasteiger partial charge in [-0.3, -0.25) is 4.79 Å². The fourth-order valence-electron chi connectivity index (χ4n) is 3.69. The van der Waals surface area contributed by atoms with Gasteiger partial charge in [-0.2, -0.15) is 0 Å². The van der Waals surface area contributed by atoms with Crippen LogP contribution in [0.1, 0.15) is 31.7 Å². The average Bonchev–Trinajstić information content (AvgIpc) is 2.62. The molecule has 1 aliphatic heterocycles. The minimum atomic E-state index is 0.173. The number of phenols is 1. The zero-order valence-corrected chi connectivity index (χ0v) is 15.1. The molecule has 1 saturated heterocycles. The third kappa shape index (κ3) is 3.96. The summed E-state index contributed by atoms with van der Waals surface area (Å²) in [6.45, 7) is 4.57. The van der Waals surface area contributed by atoms with Crippen molar-refractivity contribution < 1.29 is 14.6 Å². The van der Waals surface area contributed by atoms with E-state index < -0.39 is 0 Å². The van der Waals surface area contributed by atoms with E-state index in [0.29, 0.717) is 18.6 Å². The zero-order chi connectivity index (χ0) is 17.9. The number of hydrogen-bond donors (Lipinski definition) is 1. The first-order chi connectivity index (χ1) is 12.0. The molecule has 1 N–H and O–H groups in total. The lowest BCUT2D eigenvalue weighted by atomic mass is 9.81. The molecule has 0 spiro atoms. The molecular weight excluding hydrogens is 314 g/mol. The summed E-state index contributed by atoms with van der Waals surface area (Å²) >= 11 is 0. The Labute approximate surface area is 149 Å². The van der Waals surface area contributed by atoms with Gasteiger partial charge in [-0.1, -0.05) is 43.3 Å². The second-order valence-electron chi connectivity index (χ2n) is 7.42. The van der Waals surface area contributed by atoms with Gasteiger partial charge in [-0.05, 0) is 35.6 Å². The number of likely N-dealkylation sites (tertiary alicyclic amines) is 1. The van der Waals surface area contributed by atoms with Crippen LogP contribution in [0, 0.1) is 5.41 Å². The molecule has 0 aliphatic carbocycles. The minimum absolute atomic E-state index is 0.173. The quantitative estimate of drug-likeness (QED) is 0.901. The molecule has 0 saturated carbocycles. The van der Waals surface area contributed by atoms with E-state index in [1.165, 1.54) is 0 Å². The third-order valence-corrected chi connectivity index (χ3v) is 5.41. The van der Waals surface area contributed by atoms with Crippen LogP contribution in [0.15, 0.2) is 36.4 Å². The van der Waals surface area contributed by atoms with E-state index in [1.54, 1.807) is 7.11 Å². The highest BCUT2D eigenvalue weighted by Gasteiger charge is 2.31. The number of rotatable bonds is 5. The van der Waals surface area contributed by atoms with Gasteiger partial charge in [-0.25, -0.2) is 0 Å². The summed E-state index contributed by atoms with van der Waals surface area (Å²) in [5.41, 5.74) is 1.02. The van der Waals surface area contributed by atoms with Gasteiger partial charge in [0, 0.05) is 32.0 Å². The molecule has 25 heavy (non-hydrogen) atoms. The van der Waals surface area contributed by atoms with Crippen LogP contribution in [0.5, 0.6) is 5.75 Å². The van der Waals surface area contributed by atoms with Gasteiger partial charge in [0.05, 0.1) is 6.61 Å². The fourth-order valence-corrected chi connectivity index (χ4v) is 3.69. The van der Waals surface area contributed by atoms with Crippen molar-refractivity contribution in [3.8, 4) is 5.75 Å². The Bertz CT molecular complexity index is 748. The number of amides is 1. The summed E-state index contributed by atoms with van der Waals surface area (Å²) in [5.74, 6) is 0.476. The van der Waals surface area contributed by atoms with Crippen LogP contribution in [0.3, 0.4) is 0 Å². The molecule has 0 bridgehead atoms.